The molecule has 0 unspecified atom stereocenters. The molecule has 0 bridgehead atoms. The number of para-hydroxylation sites is 1. The zero-order chi connectivity index (χ0) is 22.8. The fourth-order valence-corrected chi connectivity index (χ4v) is 3.18. The summed E-state index contributed by atoms with van der Waals surface area (Å²) in [6.45, 7) is 2.72. The number of benzene rings is 3. The van der Waals surface area contributed by atoms with Crippen molar-refractivity contribution in [3.63, 3.8) is 0 Å². The van der Waals surface area contributed by atoms with Gasteiger partial charge in [-0.15, -0.1) is 0 Å². The maximum atomic E-state index is 6.41. The molecule has 0 aromatic heterocycles. The average molecular weight is 470 g/mol. The van der Waals surface area contributed by atoms with Gasteiger partial charge in [0.15, 0.2) is 16.6 Å². The topological polar surface area (TPSA) is 64.1 Å². The summed E-state index contributed by atoms with van der Waals surface area (Å²) in [6, 6.07) is 20.9. The van der Waals surface area contributed by atoms with Gasteiger partial charge in [-0.1, -0.05) is 47.5 Å². The number of hydrogen-bond acceptors (Lipinski definition) is 5. The van der Waals surface area contributed by atoms with Gasteiger partial charge >= 0.3 is 0 Å². The Labute approximate surface area is 198 Å². The number of hydrazone groups is 1. The summed E-state index contributed by atoms with van der Waals surface area (Å²) in [6.07, 6.45) is 1.59. The van der Waals surface area contributed by atoms with E-state index in [1.54, 1.807) is 25.5 Å². The Bertz CT molecular complexity index is 1060. The SMILES string of the molecule is COc1cc(/C=N\NC(=S)Nc2ccccc2)cc(Cl)c1OCCOc1ccc(C)cc1. The highest BCUT2D eigenvalue weighted by molar-refractivity contribution is 7.80. The van der Waals surface area contributed by atoms with Gasteiger partial charge in [-0.25, -0.2) is 0 Å². The predicted octanol–water partition coefficient (Wildman–Crippen LogP) is 5.44. The van der Waals surface area contributed by atoms with Gasteiger partial charge in [-0.2, -0.15) is 5.10 Å². The van der Waals surface area contributed by atoms with Crippen LogP contribution in [-0.4, -0.2) is 31.7 Å². The Hall–Kier alpha value is -3.29. The molecule has 0 saturated heterocycles. The third kappa shape index (κ3) is 7.14. The number of aryl methyl sites for hydroxylation is 1. The van der Waals surface area contributed by atoms with Gasteiger partial charge < -0.3 is 19.5 Å². The van der Waals surface area contributed by atoms with E-state index in [2.05, 4.69) is 15.8 Å². The molecule has 0 spiro atoms. The van der Waals surface area contributed by atoms with Crippen LogP contribution < -0.4 is 25.0 Å². The molecule has 0 amide bonds. The van der Waals surface area contributed by atoms with Crippen LogP contribution in [0.4, 0.5) is 5.69 Å². The molecule has 0 heterocycles. The van der Waals surface area contributed by atoms with Crippen molar-refractivity contribution >= 4 is 40.8 Å². The lowest BCUT2D eigenvalue weighted by Crippen LogP contribution is -2.23. The van der Waals surface area contributed by atoms with E-state index < -0.39 is 0 Å². The first-order chi connectivity index (χ1) is 15.5. The molecule has 3 aromatic carbocycles. The summed E-state index contributed by atoms with van der Waals surface area (Å²) in [4.78, 5) is 0. The molecule has 2 N–H and O–H groups in total. The Morgan fingerprint density at radius 1 is 1.03 bits per heavy atom. The largest absolute Gasteiger partial charge is 0.493 e. The molecule has 0 fully saturated rings. The molecule has 32 heavy (non-hydrogen) atoms. The summed E-state index contributed by atoms with van der Waals surface area (Å²) in [5, 5.41) is 7.97. The van der Waals surface area contributed by atoms with E-state index >= 15 is 0 Å². The van der Waals surface area contributed by atoms with Crippen LogP contribution in [0.5, 0.6) is 17.2 Å². The van der Waals surface area contributed by atoms with Gasteiger partial charge in [-0.3, -0.25) is 5.43 Å². The number of rotatable bonds is 9. The van der Waals surface area contributed by atoms with Gasteiger partial charge in [0.2, 0.25) is 0 Å². The van der Waals surface area contributed by atoms with E-state index in [-0.39, 0.29) is 0 Å². The highest BCUT2D eigenvalue weighted by atomic mass is 35.5. The Balaban J connectivity index is 1.53. The van der Waals surface area contributed by atoms with Crippen LogP contribution in [0.25, 0.3) is 0 Å². The number of nitrogens with one attached hydrogen (secondary N) is 2. The van der Waals surface area contributed by atoms with Crippen molar-refractivity contribution in [2.24, 2.45) is 5.10 Å². The molecule has 6 nitrogen and oxygen atoms in total. The van der Waals surface area contributed by atoms with Crippen molar-refractivity contribution in [1.29, 1.82) is 0 Å². The van der Waals surface area contributed by atoms with E-state index in [1.807, 2.05) is 61.5 Å². The minimum atomic E-state index is 0.318. The molecule has 0 radical (unpaired) electrons. The first kappa shape index (κ1) is 23.4. The second kappa shape index (κ2) is 11.9. The van der Waals surface area contributed by atoms with E-state index in [0.717, 1.165) is 17.0 Å². The maximum absolute atomic E-state index is 6.41. The third-order valence-electron chi connectivity index (χ3n) is 4.28. The zero-order valence-corrected chi connectivity index (χ0v) is 19.4. The summed E-state index contributed by atoms with van der Waals surface area (Å²) < 4.78 is 16.9. The molecule has 166 valence electrons. The maximum Gasteiger partial charge on any atom is 0.191 e. The number of ether oxygens (including phenoxy) is 3. The van der Waals surface area contributed by atoms with Gasteiger partial charge in [0.25, 0.3) is 0 Å². The van der Waals surface area contributed by atoms with Crippen LogP contribution in [0.3, 0.4) is 0 Å². The highest BCUT2D eigenvalue weighted by Gasteiger charge is 2.12. The second-order valence-corrected chi connectivity index (χ2v) is 7.55. The standard InChI is InChI=1S/C24H24ClN3O3S/c1-17-8-10-20(11-9-17)30-12-13-31-23-21(25)14-18(15-22(23)29-2)16-26-28-24(32)27-19-6-4-3-5-7-19/h3-11,14-16H,12-13H2,1-2H3,(H2,27,28,32)/b26-16-. The highest BCUT2D eigenvalue weighted by Crippen LogP contribution is 2.36. The summed E-state index contributed by atoms with van der Waals surface area (Å²) in [5.74, 6) is 1.74. The van der Waals surface area contributed by atoms with Crippen LogP contribution >= 0.6 is 23.8 Å². The summed E-state index contributed by atoms with van der Waals surface area (Å²) in [5.41, 5.74) is 5.55. The van der Waals surface area contributed by atoms with Crippen molar-refractivity contribution in [2.45, 2.75) is 6.92 Å². The van der Waals surface area contributed by atoms with Gasteiger partial charge in [0.1, 0.15) is 19.0 Å². The molecule has 0 atom stereocenters. The molecule has 0 aliphatic rings. The second-order valence-electron chi connectivity index (χ2n) is 6.73. The fourth-order valence-electron chi connectivity index (χ4n) is 2.74. The quantitative estimate of drug-likeness (QED) is 0.188. The normalized spacial score (nSPS) is 10.6. The monoisotopic (exact) mass is 469 g/mol. The van der Waals surface area contributed by atoms with Gasteiger partial charge in [-0.05, 0) is 61.1 Å². The number of halogens is 1. The summed E-state index contributed by atoms with van der Waals surface area (Å²) >= 11 is 11.6. The molecule has 0 aliphatic carbocycles. The van der Waals surface area contributed by atoms with Crippen LogP contribution in [-0.2, 0) is 0 Å². The van der Waals surface area contributed by atoms with Crippen LogP contribution in [0.1, 0.15) is 11.1 Å². The zero-order valence-electron chi connectivity index (χ0n) is 17.8. The summed E-state index contributed by atoms with van der Waals surface area (Å²) in [7, 11) is 1.55. The van der Waals surface area contributed by atoms with Gasteiger partial charge in [0.05, 0.1) is 18.3 Å². The molecule has 3 rings (SSSR count). The molecular formula is C24H24ClN3O3S. The minimum absolute atomic E-state index is 0.318. The number of methoxy groups -OCH3 is 1. The van der Waals surface area contributed by atoms with Crippen LogP contribution in [0.15, 0.2) is 71.8 Å². The van der Waals surface area contributed by atoms with Crippen molar-refractivity contribution in [3.05, 3.63) is 82.9 Å². The fraction of sp³-hybridized carbons (Fsp3) is 0.167. The van der Waals surface area contributed by atoms with Crippen LogP contribution in [0.2, 0.25) is 5.02 Å². The van der Waals surface area contributed by atoms with Gasteiger partial charge in [0, 0.05) is 5.69 Å². The molecule has 8 heteroatoms. The lowest BCUT2D eigenvalue weighted by atomic mass is 10.2. The number of nitrogens with zero attached hydrogens (tertiary/aromatic N) is 1. The molecule has 3 aromatic rings. The Morgan fingerprint density at radius 2 is 1.75 bits per heavy atom. The first-order valence-electron chi connectivity index (χ1n) is 9.90. The van der Waals surface area contributed by atoms with E-state index in [1.165, 1.54) is 5.56 Å². The van der Waals surface area contributed by atoms with E-state index in [9.17, 15) is 0 Å². The first-order valence-corrected chi connectivity index (χ1v) is 10.7. The van der Waals surface area contributed by atoms with E-state index in [0.29, 0.717) is 34.8 Å². The Kier molecular flexibility index (Phi) is 8.71. The molecular weight excluding hydrogens is 446 g/mol. The number of anilines is 1. The smallest absolute Gasteiger partial charge is 0.191 e. The van der Waals surface area contributed by atoms with Crippen molar-refractivity contribution in [1.82, 2.24) is 5.43 Å². The number of hydrogen-bond donors (Lipinski definition) is 2. The minimum Gasteiger partial charge on any atom is -0.493 e. The van der Waals surface area contributed by atoms with Crippen LogP contribution in [0, 0.1) is 6.92 Å². The van der Waals surface area contributed by atoms with Crippen molar-refractivity contribution in [2.75, 3.05) is 25.6 Å². The lowest BCUT2D eigenvalue weighted by molar-refractivity contribution is 0.211. The predicted molar refractivity (Wildman–Crippen MR) is 134 cm³/mol. The number of thiocarbonyl (C=S) groups is 1. The molecule has 0 aliphatic heterocycles. The van der Waals surface area contributed by atoms with E-state index in [4.69, 9.17) is 38.0 Å². The Morgan fingerprint density at radius 3 is 2.47 bits per heavy atom. The lowest BCUT2D eigenvalue weighted by Gasteiger charge is -2.14. The van der Waals surface area contributed by atoms with Crippen molar-refractivity contribution < 1.29 is 14.2 Å². The molecule has 0 saturated carbocycles. The third-order valence-corrected chi connectivity index (χ3v) is 4.76. The average Bonchev–Trinajstić information content (AvgIpc) is 2.79. The van der Waals surface area contributed by atoms with Crippen molar-refractivity contribution in [3.8, 4) is 17.2 Å².